The van der Waals surface area contributed by atoms with Gasteiger partial charge in [0.1, 0.15) is 13.2 Å². The zero-order chi connectivity index (χ0) is 17.9. The molecule has 0 aromatic heterocycles. The van der Waals surface area contributed by atoms with Gasteiger partial charge in [0, 0.05) is 18.5 Å². The van der Waals surface area contributed by atoms with Crippen molar-refractivity contribution in [1.82, 2.24) is 5.32 Å². The van der Waals surface area contributed by atoms with E-state index in [2.05, 4.69) is 5.32 Å². The Morgan fingerprint density at radius 3 is 2.72 bits per heavy atom. The Morgan fingerprint density at radius 1 is 1.20 bits per heavy atom. The van der Waals surface area contributed by atoms with Gasteiger partial charge < -0.3 is 20.5 Å². The van der Waals surface area contributed by atoms with Crippen LogP contribution in [0.3, 0.4) is 0 Å². The van der Waals surface area contributed by atoms with Gasteiger partial charge in [-0.2, -0.15) is 0 Å². The lowest BCUT2D eigenvalue weighted by Crippen LogP contribution is -2.40. The van der Waals surface area contributed by atoms with E-state index >= 15 is 0 Å². The molecule has 138 valence electrons. The van der Waals surface area contributed by atoms with Gasteiger partial charge in [-0.15, -0.1) is 0 Å². The average molecular weight is 368 g/mol. The van der Waals surface area contributed by atoms with Crippen molar-refractivity contribution in [2.24, 2.45) is 11.7 Å². The van der Waals surface area contributed by atoms with Crippen molar-refractivity contribution in [1.29, 1.82) is 0 Å². The Morgan fingerprint density at radius 2 is 1.96 bits per heavy atom. The molecule has 1 aliphatic heterocycles. The van der Waals surface area contributed by atoms with Crippen LogP contribution in [-0.4, -0.2) is 45.9 Å². The van der Waals surface area contributed by atoms with E-state index in [1.54, 1.807) is 6.07 Å². The minimum atomic E-state index is -3.56. The Kier molecular flexibility index (Phi) is 5.48. The molecule has 2 atom stereocenters. The fourth-order valence-electron chi connectivity index (χ4n) is 3.35. The number of fused-ring (bicyclic) bond motifs is 1. The molecule has 7 nitrogen and oxygen atoms in total. The minimum absolute atomic E-state index is 0.0643. The van der Waals surface area contributed by atoms with E-state index in [0.29, 0.717) is 37.2 Å². The maximum atomic E-state index is 12.5. The minimum Gasteiger partial charge on any atom is -0.486 e. The summed E-state index contributed by atoms with van der Waals surface area (Å²) in [5, 5.41) is 2.93. The molecule has 3 rings (SSSR count). The van der Waals surface area contributed by atoms with Crippen LogP contribution in [0.4, 0.5) is 0 Å². The van der Waals surface area contributed by atoms with Gasteiger partial charge in [-0.25, -0.2) is 8.42 Å². The number of amides is 1. The summed E-state index contributed by atoms with van der Waals surface area (Å²) in [6, 6.07) is 4.60. The molecular formula is C17H24N2O5S. The van der Waals surface area contributed by atoms with Crippen LogP contribution < -0.4 is 20.5 Å². The third kappa shape index (κ3) is 4.24. The Hall–Kier alpha value is -1.80. The highest BCUT2D eigenvalue weighted by atomic mass is 32.2. The standard InChI is InChI=1S/C17H24N2O5S/c18-11-12-2-1-3-14(12)19-17(20)6-9-25(21,22)13-4-5-15-16(10-13)24-8-7-23-15/h4-5,10,12,14H,1-3,6-9,11,18H2,(H,19,20). The lowest BCUT2D eigenvalue weighted by molar-refractivity contribution is -0.121. The largest absolute Gasteiger partial charge is 0.486 e. The lowest BCUT2D eigenvalue weighted by atomic mass is 10.0. The summed E-state index contributed by atoms with van der Waals surface area (Å²) in [7, 11) is -3.56. The third-order valence-electron chi connectivity index (χ3n) is 4.78. The van der Waals surface area contributed by atoms with E-state index in [4.69, 9.17) is 15.2 Å². The molecule has 25 heavy (non-hydrogen) atoms. The van der Waals surface area contributed by atoms with Crippen molar-refractivity contribution in [3.8, 4) is 11.5 Å². The van der Waals surface area contributed by atoms with Crippen LogP contribution in [0.2, 0.25) is 0 Å². The second-order valence-corrected chi connectivity index (χ2v) is 8.58. The number of hydrogen-bond donors (Lipinski definition) is 2. The molecule has 1 aromatic rings. The first kappa shape index (κ1) is 18.0. The van der Waals surface area contributed by atoms with Crippen LogP contribution in [0, 0.1) is 5.92 Å². The second-order valence-electron chi connectivity index (χ2n) is 6.48. The summed E-state index contributed by atoms with van der Waals surface area (Å²) in [5.74, 6) is 0.772. The number of hydrogen-bond acceptors (Lipinski definition) is 6. The molecular weight excluding hydrogens is 344 g/mol. The van der Waals surface area contributed by atoms with Gasteiger partial charge in [-0.1, -0.05) is 6.42 Å². The first-order valence-electron chi connectivity index (χ1n) is 8.61. The molecule has 0 spiro atoms. The van der Waals surface area contributed by atoms with Crippen LogP contribution in [0.1, 0.15) is 25.7 Å². The summed E-state index contributed by atoms with van der Waals surface area (Å²) < 4.78 is 35.8. The SMILES string of the molecule is NCC1CCCC1NC(=O)CCS(=O)(=O)c1ccc2c(c1)OCCO2. The van der Waals surface area contributed by atoms with Gasteiger partial charge in [0.2, 0.25) is 5.91 Å². The van der Waals surface area contributed by atoms with Crippen molar-refractivity contribution in [2.75, 3.05) is 25.5 Å². The molecule has 2 unspecified atom stereocenters. The van der Waals surface area contributed by atoms with E-state index in [1.807, 2.05) is 0 Å². The molecule has 1 aliphatic carbocycles. The van der Waals surface area contributed by atoms with Crippen LogP contribution in [0.25, 0.3) is 0 Å². The molecule has 8 heteroatoms. The van der Waals surface area contributed by atoms with Crippen LogP contribution >= 0.6 is 0 Å². The maximum Gasteiger partial charge on any atom is 0.221 e. The van der Waals surface area contributed by atoms with Gasteiger partial charge in [0.05, 0.1) is 10.6 Å². The molecule has 0 bridgehead atoms. The number of ether oxygens (including phenoxy) is 2. The number of benzene rings is 1. The van der Waals surface area contributed by atoms with E-state index in [9.17, 15) is 13.2 Å². The number of carbonyl (C=O) groups is 1. The molecule has 3 N–H and O–H groups in total. The topological polar surface area (TPSA) is 108 Å². The number of carbonyl (C=O) groups excluding carboxylic acids is 1. The highest BCUT2D eigenvalue weighted by molar-refractivity contribution is 7.91. The molecule has 2 aliphatic rings. The van der Waals surface area contributed by atoms with Crippen molar-refractivity contribution in [2.45, 2.75) is 36.6 Å². The first-order valence-corrected chi connectivity index (χ1v) is 10.3. The smallest absolute Gasteiger partial charge is 0.221 e. The summed E-state index contributed by atoms with van der Waals surface area (Å²) in [4.78, 5) is 12.3. The fourth-order valence-corrected chi connectivity index (χ4v) is 4.60. The van der Waals surface area contributed by atoms with Gasteiger partial charge in [0.15, 0.2) is 21.3 Å². The number of rotatable bonds is 6. The Labute approximate surface area is 147 Å². The van der Waals surface area contributed by atoms with Gasteiger partial charge >= 0.3 is 0 Å². The van der Waals surface area contributed by atoms with Gasteiger partial charge in [0.25, 0.3) is 0 Å². The summed E-state index contributed by atoms with van der Waals surface area (Å²) in [5.41, 5.74) is 5.71. The highest BCUT2D eigenvalue weighted by Crippen LogP contribution is 2.32. The van der Waals surface area contributed by atoms with E-state index in [-0.39, 0.29) is 29.0 Å². The van der Waals surface area contributed by atoms with E-state index < -0.39 is 9.84 Å². The zero-order valence-electron chi connectivity index (χ0n) is 14.1. The zero-order valence-corrected chi connectivity index (χ0v) is 14.9. The highest BCUT2D eigenvalue weighted by Gasteiger charge is 2.28. The summed E-state index contributed by atoms with van der Waals surface area (Å²) in [6.45, 7) is 1.38. The predicted molar refractivity (Wildman–Crippen MR) is 92.4 cm³/mol. The van der Waals surface area contributed by atoms with E-state index in [1.165, 1.54) is 12.1 Å². The number of sulfone groups is 1. The monoisotopic (exact) mass is 368 g/mol. The molecule has 0 saturated heterocycles. The first-order chi connectivity index (χ1) is 12.0. The van der Waals surface area contributed by atoms with E-state index in [0.717, 1.165) is 19.3 Å². The van der Waals surface area contributed by atoms with Gasteiger partial charge in [-0.3, -0.25) is 4.79 Å². The summed E-state index contributed by atoms with van der Waals surface area (Å²) in [6.07, 6.45) is 2.90. The second kappa shape index (κ2) is 7.61. The van der Waals surface area contributed by atoms with Gasteiger partial charge in [-0.05, 0) is 37.4 Å². The molecule has 1 amide bonds. The van der Waals surface area contributed by atoms with Crippen LogP contribution in [0.15, 0.2) is 23.1 Å². The molecule has 1 aromatic carbocycles. The number of nitrogens with two attached hydrogens (primary N) is 1. The van der Waals surface area contributed by atoms with Crippen molar-refractivity contribution < 1.29 is 22.7 Å². The Bertz CT molecular complexity index is 735. The van der Waals surface area contributed by atoms with Crippen LogP contribution in [0.5, 0.6) is 11.5 Å². The molecule has 1 saturated carbocycles. The molecule has 0 radical (unpaired) electrons. The predicted octanol–water partition coefficient (Wildman–Crippen LogP) is 0.865. The van der Waals surface area contributed by atoms with Crippen molar-refractivity contribution in [3.63, 3.8) is 0 Å². The van der Waals surface area contributed by atoms with Crippen molar-refractivity contribution >= 4 is 15.7 Å². The average Bonchev–Trinajstić information content (AvgIpc) is 3.06. The number of nitrogens with one attached hydrogen (secondary N) is 1. The molecule has 1 fully saturated rings. The lowest BCUT2D eigenvalue weighted by Gasteiger charge is -2.20. The quantitative estimate of drug-likeness (QED) is 0.771. The maximum absolute atomic E-state index is 12.5. The third-order valence-corrected chi connectivity index (χ3v) is 6.49. The Balaban J connectivity index is 1.59. The molecule has 1 heterocycles. The van der Waals surface area contributed by atoms with Crippen molar-refractivity contribution in [3.05, 3.63) is 18.2 Å². The normalized spacial score (nSPS) is 22.6. The summed E-state index contributed by atoms with van der Waals surface area (Å²) >= 11 is 0. The van der Waals surface area contributed by atoms with Crippen LogP contribution in [-0.2, 0) is 14.6 Å². The fraction of sp³-hybridized carbons (Fsp3) is 0.588.